The predicted molar refractivity (Wildman–Crippen MR) is 122 cm³/mol. The summed E-state index contributed by atoms with van der Waals surface area (Å²) in [4.78, 5) is 37.9. The highest BCUT2D eigenvalue weighted by atomic mass is 32.2. The van der Waals surface area contributed by atoms with Gasteiger partial charge in [0.25, 0.3) is 11.4 Å². The molecular weight excluding hydrogens is 430 g/mol. The second kappa shape index (κ2) is 8.80. The molecule has 1 heterocycles. The summed E-state index contributed by atoms with van der Waals surface area (Å²) in [6, 6.07) is 15.8. The van der Waals surface area contributed by atoms with Crippen molar-refractivity contribution in [3.63, 3.8) is 0 Å². The Bertz CT molecular complexity index is 1230. The number of benzene rings is 3. The third kappa shape index (κ3) is 3.94. The second-order valence-electron chi connectivity index (χ2n) is 7.31. The highest BCUT2D eigenvalue weighted by molar-refractivity contribution is 8.00. The fourth-order valence-corrected chi connectivity index (χ4v) is 4.85. The molecule has 9 heteroatoms. The van der Waals surface area contributed by atoms with Crippen LogP contribution in [0.25, 0.3) is 0 Å². The molecule has 8 nitrogen and oxygen atoms in total. The van der Waals surface area contributed by atoms with Gasteiger partial charge in [-0.1, -0.05) is 31.2 Å². The van der Waals surface area contributed by atoms with E-state index in [0.717, 1.165) is 29.1 Å². The molecule has 0 aliphatic carbocycles. The normalized spacial score (nSPS) is 12.1. The van der Waals surface area contributed by atoms with Crippen LogP contribution in [0.2, 0.25) is 0 Å². The quantitative estimate of drug-likeness (QED) is 0.242. The number of nitro groups is 2. The van der Waals surface area contributed by atoms with Gasteiger partial charge in [-0.05, 0) is 42.8 Å². The van der Waals surface area contributed by atoms with Crippen molar-refractivity contribution in [1.82, 2.24) is 0 Å². The molecule has 0 radical (unpaired) electrons. The van der Waals surface area contributed by atoms with Gasteiger partial charge in [0.2, 0.25) is 0 Å². The number of nitro benzene ring substituents is 2. The molecule has 0 saturated heterocycles. The number of nitrogens with zero attached hydrogens (tertiary/aromatic N) is 3. The molecule has 1 aliphatic heterocycles. The van der Waals surface area contributed by atoms with Crippen LogP contribution in [-0.4, -0.2) is 22.2 Å². The predicted octanol–water partition coefficient (Wildman–Crippen LogP) is 6.14. The molecule has 0 saturated carbocycles. The van der Waals surface area contributed by atoms with E-state index < -0.39 is 4.92 Å². The fraction of sp³-hybridized carbons (Fsp3) is 0.174. The number of unbranched alkanes of at least 4 members (excludes halogenated alkanes) is 1. The fourth-order valence-electron chi connectivity index (χ4n) is 3.63. The van der Waals surface area contributed by atoms with Crippen LogP contribution in [0.15, 0.2) is 70.5 Å². The van der Waals surface area contributed by atoms with Crippen LogP contribution in [-0.2, 0) is 0 Å². The Morgan fingerprint density at radius 3 is 2.31 bits per heavy atom. The van der Waals surface area contributed by atoms with Gasteiger partial charge in [-0.2, -0.15) is 0 Å². The molecule has 32 heavy (non-hydrogen) atoms. The molecule has 0 N–H and O–H groups in total. The van der Waals surface area contributed by atoms with Gasteiger partial charge in [0.05, 0.1) is 21.2 Å². The number of ketones is 1. The van der Waals surface area contributed by atoms with Crippen LogP contribution in [0.3, 0.4) is 0 Å². The molecular formula is C23H19N3O5S. The molecule has 162 valence electrons. The van der Waals surface area contributed by atoms with E-state index in [1.165, 1.54) is 42.1 Å². The Hall–Kier alpha value is -3.72. The lowest BCUT2D eigenvalue weighted by atomic mass is 10.0. The first-order valence-electron chi connectivity index (χ1n) is 10.1. The Labute approximate surface area is 188 Å². The molecule has 1 aliphatic rings. The Kier molecular flexibility index (Phi) is 5.91. The highest BCUT2D eigenvalue weighted by Gasteiger charge is 2.30. The van der Waals surface area contributed by atoms with Gasteiger partial charge in [0.15, 0.2) is 5.78 Å². The molecule has 0 amide bonds. The molecule has 3 aromatic rings. The van der Waals surface area contributed by atoms with Gasteiger partial charge in [0, 0.05) is 40.8 Å². The second-order valence-corrected chi connectivity index (χ2v) is 8.36. The van der Waals surface area contributed by atoms with Crippen molar-refractivity contribution >= 4 is 40.3 Å². The van der Waals surface area contributed by atoms with Gasteiger partial charge in [-0.25, -0.2) is 0 Å². The summed E-state index contributed by atoms with van der Waals surface area (Å²) in [5, 5.41) is 22.5. The van der Waals surface area contributed by atoms with Crippen molar-refractivity contribution in [3.8, 4) is 0 Å². The van der Waals surface area contributed by atoms with Gasteiger partial charge in [-0.15, -0.1) is 0 Å². The lowest BCUT2D eigenvalue weighted by Gasteiger charge is -2.32. The van der Waals surface area contributed by atoms with Crippen LogP contribution < -0.4 is 4.90 Å². The standard InChI is InChI=1S/C23H19N3O5S/c1-2-3-13-24-18-12-9-16(22(27)15-7-10-17(11-8-15)25(28)29)14-21(18)32-23-19(24)5-4-6-20(23)26(30)31/h4-12,14H,2-3,13H2,1H3. The van der Waals surface area contributed by atoms with Crippen LogP contribution >= 0.6 is 11.8 Å². The number of anilines is 2. The zero-order chi connectivity index (χ0) is 22.8. The molecule has 4 rings (SSSR count). The molecule has 0 spiro atoms. The lowest BCUT2D eigenvalue weighted by Crippen LogP contribution is -2.22. The molecule has 0 fully saturated rings. The summed E-state index contributed by atoms with van der Waals surface area (Å²) in [5.41, 5.74) is 2.40. The van der Waals surface area contributed by atoms with E-state index in [4.69, 9.17) is 0 Å². The minimum Gasteiger partial charge on any atom is -0.339 e. The molecule has 0 bridgehead atoms. The Balaban J connectivity index is 1.74. The van der Waals surface area contributed by atoms with Crippen molar-refractivity contribution < 1.29 is 14.6 Å². The first kappa shape index (κ1) is 21.5. The van der Waals surface area contributed by atoms with E-state index in [-0.39, 0.29) is 22.1 Å². The van der Waals surface area contributed by atoms with Crippen LogP contribution in [0.4, 0.5) is 22.7 Å². The molecule has 0 unspecified atom stereocenters. The van der Waals surface area contributed by atoms with E-state index in [1.54, 1.807) is 18.2 Å². The van der Waals surface area contributed by atoms with Crippen molar-refractivity contribution in [2.45, 2.75) is 29.6 Å². The number of rotatable bonds is 7. The minimum atomic E-state index is -0.515. The summed E-state index contributed by atoms with van der Waals surface area (Å²) in [6.45, 7) is 2.79. The van der Waals surface area contributed by atoms with Gasteiger partial charge in [-0.3, -0.25) is 25.0 Å². The number of non-ortho nitro benzene ring substituents is 1. The Morgan fingerprint density at radius 2 is 1.66 bits per heavy atom. The number of carbonyl (C=O) groups is 1. The average Bonchev–Trinajstić information content (AvgIpc) is 2.80. The summed E-state index contributed by atoms with van der Waals surface area (Å²) < 4.78 is 0. The van der Waals surface area contributed by atoms with Crippen molar-refractivity contribution in [2.24, 2.45) is 0 Å². The molecule has 0 aromatic heterocycles. The van der Waals surface area contributed by atoms with Crippen molar-refractivity contribution in [3.05, 3.63) is 92.0 Å². The van der Waals surface area contributed by atoms with Crippen LogP contribution in [0, 0.1) is 20.2 Å². The SMILES string of the molecule is CCCCN1c2ccc(C(=O)c3ccc([N+](=O)[O-])cc3)cc2Sc2c1cccc2[N+](=O)[O-]. The van der Waals surface area contributed by atoms with E-state index >= 15 is 0 Å². The van der Waals surface area contributed by atoms with Crippen LogP contribution in [0.1, 0.15) is 35.7 Å². The summed E-state index contributed by atoms with van der Waals surface area (Å²) in [5.74, 6) is -0.267. The third-order valence-electron chi connectivity index (χ3n) is 5.26. The lowest BCUT2D eigenvalue weighted by molar-refractivity contribution is -0.387. The number of carbonyl (C=O) groups excluding carboxylic acids is 1. The maximum absolute atomic E-state index is 13.0. The largest absolute Gasteiger partial charge is 0.339 e. The van der Waals surface area contributed by atoms with Crippen LogP contribution in [0.5, 0.6) is 0 Å². The Morgan fingerprint density at radius 1 is 0.938 bits per heavy atom. The highest BCUT2D eigenvalue weighted by Crippen LogP contribution is 2.51. The first-order chi connectivity index (χ1) is 15.4. The average molecular weight is 449 g/mol. The van der Waals surface area contributed by atoms with Crippen molar-refractivity contribution in [2.75, 3.05) is 11.4 Å². The first-order valence-corrected chi connectivity index (χ1v) is 10.9. The number of hydrogen-bond donors (Lipinski definition) is 0. The number of fused-ring (bicyclic) bond motifs is 2. The van der Waals surface area contributed by atoms with E-state index in [0.29, 0.717) is 22.6 Å². The maximum atomic E-state index is 13.0. The zero-order valence-electron chi connectivity index (χ0n) is 17.2. The van der Waals surface area contributed by atoms with E-state index in [9.17, 15) is 25.0 Å². The van der Waals surface area contributed by atoms with E-state index in [2.05, 4.69) is 11.8 Å². The summed E-state index contributed by atoms with van der Waals surface area (Å²) >= 11 is 1.28. The smallest absolute Gasteiger partial charge is 0.285 e. The third-order valence-corrected chi connectivity index (χ3v) is 6.43. The minimum absolute atomic E-state index is 0.0340. The molecule has 3 aromatic carbocycles. The monoisotopic (exact) mass is 449 g/mol. The van der Waals surface area contributed by atoms with Crippen molar-refractivity contribution in [1.29, 1.82) is 0 Å². The van der Waals surface area contributed by atoms with E-state index in [1.807, 2.05) is 12.1 Å². The molecule has 0 atom stereocenters. The summed E-state index contributed by atoms with van der Waals surface area (Å²) in [7, 11) is 0. The van der Waals surface area contributed by atoms with Gasteiger partial charge < -0.3 is 4.90 Å². The topological polar surface area (TPSA) is 107 Å². The van der Waals surface area contributed by atoms with Gasteiger partial charge >= 0.3 is 0 Å². The zero-order valence-corrected chi connectivity index (χ0v) is 18.0. The number of hydrogen-bond acceptors (Lipinski definition) is 7. The summed E-state index contributed by atoms with van der Waals surface area (Å²) in [6.07, 6.45) is 1.88. The van der Waals surface area contributed by atoms with Gasteiger partial charge in [0.1, 0.15) is 4.90 Å². The maximum Gasteiger partial charge on any atom is 0.285 e.